The van der Waals surface area contributed by atoms with E-state index in [1.807, 2.05) is 19.2 Å². The average molecular weight is 296 g/mol. The molecule has 0 saturated carbocycles. The molecule has 2 rings (SSSR count). The molecule has 0 aromatic heterocycles. The topological polar surface area (TPSA) is 40.6 Å². The summed E-state index contributed by atoms with van der Waals surface area (Å²) in [6, 6.07) is 7.54. The lowest BCUT2D eigenvalue weighted by Gasteiger charge is -2.36. The van der Waals surface area contributed by atoms with Gasteiger partial charge in [-0.05, 0) is 37.6 Å². The first-order valence-electron chi connectivity index (χ1n) is 7.12. The third-order valence-corrected chi connectivity index (χ3v) is 5.99. The molecule has 1 unspecified atom stereocenters. The minimum Gasteiger partial charge on any atom is -0.301 e. The highest BCUT2D eigenvalue weighted by Gasteiger charge is 2.30. The van der Waals surface area contributed by atoms with Gasteiger partial charge in [0.05, 0.1) is 4.90 Å². The van der Waals surface area contributed by atoms with E-state index in [9.17, 15) is 8.42 Å². The molecule has 4 nitrogen and oxygen atoms in total. The molecule has 5 heteroatoms. The number of rotatable bonds is 3. The number of nitrogens with zero attached hydrogens (tertiary/aromatic N) is 2. The van der Waals surface area contributed by atoms with Crippen LogP contribution in [0, 0.1) is 0 Å². The Hall–Kier alpha value is -0.910. The van der Waals surface area contributed by atoms with E-state index in [2.05, 4.69) is 25.7 Å². The summed E-state index contributed by atoms with van der Waals surface area (Å²) < 4.78 is 26.9. The molecule has 0 aliphatic carbocycles. The number of sulfonamides is 1. The SMILES string of the molecule is CC(C)c1ccc(S(=O)(=O)N2CCN(C)C(C)C2)cc1. The predicted molar refractivity (Wildman–Crippen MR) is 81.4 cm³/mol. The summed E-state index contributed by atoms with van der Waals surface area (Å²) in [6.45, 7) is 8.17. The van der Waals surface area contributed by atoms with Crippen molar-refractivity contribution >= 4 is 10.0 Å². The van der Waals surface area contributed by atoms with E-state index in [1.165, 1.54) is 0 Å². The zero-order chi connectivity index (χ0) is 14.9. The van der Waals surface area contributed by atoms with Crippen molar-refractivity contribution in [3.05, 3.63) is 29.8 Å². The summed E-state index contributed by atoms with van der Waals surface area (Å²) in [6.07, 6.45) is 0. The molecule has 1 atom stereocenters. The molecule has 1 aliphatic heterocycles. The molecule has 1 heterocycles. The highest BCUT2D eigenvalue weighted by atomic mass is 32.2. The van der Waals surface area contributed by atoms with Gasteiger partial charge in [-0.25, -0.2) is 8.42 Å². The lowest BCUT2D eigenvalue weighted by atomic mass is 10.0. The Morgan fingerprint density at radius 2 is 1.75 bits per heavy atom. The molecular weight excluding hydrogens is 272 g/mol. The normalized spacial score (nSPS) is 22.4. The van der Waals surface area contributed by atoms with Crippen molar-refractivity contribution in [2.24, 2.45) is 0 Å². The molecular formula is C15H24N2O2S. The minimum atomic E-state index is -3.35. The molecule has 112 valence electrons. The number of hydrogen-bond donors (Lipinski definition) is 0. The first-order chi connectivity index (χ1) is 9.32. The standard InChI is InChI=1S/C15H24N2O2S/c1-12(2)14-5-7-15(8-6-14)20(18,19)17-10-9-16(4)13(3)11-17/h5-8,12-13H,9-11H2,1-4H3. The summed E-state index contributed by atoms with van der Waals surface area (Å²) in [5.74, 6) is 0.412. The summed E-state index contributed by atoms with van der Waals surface area (Å²) in [7, 11) is -1.32. The maximum absolute atomic E-state index is 12.6. The van der Waals surface area contributed by atoms with Gasteiger partial charge in [0.15, 0.2) is 0 Å². The van der Waals surface area contributed by atoms with Gasteiger partial charge in [-0.15, -0.1) is 0 Å². The van der Waals surface area contributed by atoms with Gasteiger partial charge >= 0.3 is 0 Å². The van der Waals surface area contributed by atoms with Gasteiger partial charge < -0.3 is 4.90 Å². The Labute approximate surface area is 122 Å². The van der Waals surface area contributed by atoms with E-state index < -0.39 is 10.0 Å². The van der Waals surface area contributed by atoms with Crippen LogP contribution in [0.25, 0.3) is 0 Å². The zero-order valence-electron chi connectivity index (χ0n) is 12.7. The monoisotopic (exact) mass is 296 g/mol. The number of likely N-dealkylation sites (N-methyl/N-ethyl adjacent to an activating group) is 1. The molecule has 0 N–H and O–H groups in total. The zero-order valence-corrected chi connectivity index (χ0v) is 13.5. The Kier molecular flexibility index (Phi) is 4.52. The molecule has 20 heavy (non-hydrogen) atoms. The van der Waals surface area contributed by atoms with Crippen LogP contribution in [0.4, 0.5) is 0 Å². The Morgan fingerprint density at radius 1 is 1.15 bits per heavy atom. The molecule has 0 bridgehead atoms. The van der Waals surface area contributed by atoms with Gasteiger partial charge in [0.2, 0.25) is 10.0 Å². The predicted octanol–water partition coefficient (Wildman–Crippen LogP) is 2.13. The Bertz CT molecular complexity index is 552. The van der Waals surface area contributed by atoms with Crippen molar-refractivity contribution in [2.75, 3.05) is 26.7 Å². The van der Waals surface area contributed by atoms with Crippen molar-refractivity contribution in [2.45, 2.75) is 37.6 Å². The molecule has 1 aromatic carbocycles. The Balaban J connectivity index is 2.22. The average Bonchev–Trinajstić information content (AvgIpc) is 2.41. The van der Waals surface area contributed by atoms with E-state index in [0.717, 1.165) is 12.1 Å². The first-order valence-corrected chi connectivity index (χ1v) is 8.56. The number of hydrogen-bond acceptors (Lipinski definition) is 3. The molecule has 0 spiro atoms. The summed E-state index contributed by atoms with van der Waals surface area (Å²) in [4.78, 5) is 2.59. The molecule has 1 aliphatic rings. The van der Waals surface area contributed by atoms with Gasteiger partial charge in [0.25, 0.3) is 0 Å². The van der Waals surface area contributed by atoms with Crippen LogP contribution in [0.1, 0.15) is 32.3 Å². The van der Waals surface area contributed by atoms with Crippen molar-refractivity contribution in [3.8, 4) is 0 Å². The van der Waals surface area contributed by atoms with Crippen molar-refractivity contribution in [1.82, 2.24) is 9.21 Å². The van der Waals surface area contributed by atoms with Crippen LogP contribution in [0.2, 0.25) is 0 Å². The molecule has 0 amide bonds. The van der Waals surface area contributed by atoms with Gasteiger partial charge in [-0.1, -0.05) is 26.0 Å². The second-order valence-corrected chi connectivity index (χ2v) is 7.85. The number of piperazine rings is 1. The maximum Gasteiger partial charge on any atom is 0.243 e. The van der Waals surface area contributed by atoms with E-state index in [4.69, 9.17) is 0 Å². The highest BCUT2D eigenvalue weighted by molar-refractivity contribution is 7.89. The van der Waals surface area contributed by atoms with Crippen LogP contribution >= 0.6 is 0 Å². The second kappa shape index (κ2) is 5.84. The second-order valence-electron chi connectivity index (χ2n) is 5.92. The third kappa shape index (κ3) is 3.05. The van der Waals surface area contributed by atoms with Gasteiger partial charge in [0.1, 0.15) is 0 Å². The van der Waals surface area contributed by atoms with Crippen molar-refractivity contribution < 1.29 is 8.42 Å². The molecule has 0 radical (unpaired) electrons. The molecule has 1 aromatic rings. The van der Waals surface area contributed by atoms with Gasteiger partial charge in [0, 0.05) is 25.7 Å². The first kappa shape index (κ1) is 15.5. The summed E-state index contributed by atoms with van der Waals surface area (Å²) in [5, 5.41) is 0. The van der Waals surface area contributed by atoms with E-state index in [0.29, 0.717) is 23.9 Å². The van der Waals surface area contributed by atoms with Crippen LogP contribution in [0.5, 0.6) is 0 Å². The summed E-state index contributed by atoms with van der Waals surface area (Å²) in [5.41, 5.74) is 1.16. The fourth-order valence-electron chi connectivity index (χ4n) is 2.41. The fraction of sp³-hybridized carbons (Fsp3) is 0.600. The van der Waals surface area contributed by atoms with Crippen LogP contribution in [0.15, 0.2) is 29.2 Å². The smallest absolute Gasteiger partial charge is 0.243 e. The van der Waals surface area contributed by atoms with Crippen molar-refractivity contribution in [3.63, 3.8) is 0 Å². The van der Waals surface area contributed by atoms with Crippen LogP contribution in [0.3, 0.4) is 0 Å². The lowest BCUT2D eigenvalue weighted by Crippen LogP contribution is -2.51. The minimum absolute atomic E-state index is 0.258. The van der Waals surface area contributed by atoms with Gasteiger partial charge in [-0.3, -0.25) is 0 Å². The summed E-state index contributed by atoms with van der Waals surface area (Å²) >= 11 is 0. The number of benzene rings is 1. The van der Waals surface area contributed by atoms with Crippen LogP contribution in [-0.4, -0.2) is 50.3 Å². The fourth-order valence-corrected chi connectivity index (χ4v) is 3.92. The lowest BCUT2D eigenvalue weighted by molar-refractivity contribution is 0.159. The molecule has 1 saturated heterocycles. The largest absolute Gasteiger partial charge is 0.301 e. The highest BCUT2D eigenvalue weighted by Crippen LogP contribution is 2.22. The maximum atomic E-state index is 12.6. The van der Waals surface area contributed by atoms with Crippen LogP contribution in [-0.2, 0) is 10.0 Å². The quantitative estimate of drug-likeness (QED) is 0.858. The third-order valence-electron chi connectivity index (χ3n) is 4.11. The molecule has 1 fully saturated rings. The van der Waals surface area contributed by atoms with E-state index in [1.54, 1.807) is 16.4 Å². The van der Waals surface area contributed by atoms with Gasteiger partial charge in [-0.2, -0.15) is 4.31 Å². The van der Waals surface area contributed by atoms with E-state index in [-0.39, 0.29) is 6.04 Å². The Morgan fingerprint density at radius 3 is 2.25 bits per heavy atom. The van der Waals surface area contributed by atoms with Crippen molar-refractivity contribution in [1.29, 1.82) is 0 Å². The van der Waals surface area contributed by atoms with E-state index >= 15 is 0 Å². The van der Waals surface area contributed by atoms with Crippen LogP contribution < -0.4 is 0 Å².